The average molecular weight is 405 g/mol. The van der Waals surface area contributed by atoms with E-state index in [1.54, 1.807) is 12.1 Å². The third kappa shape index (κ3) is 3.59. The number of nitrogens with zero attached hydrogens (tertiary/aromatic N) is 1. The summed E-state index contributed by atoms with van der Waals surface area (Å²) in [6.07, 6.45) is 0.880. The number of fused-ring (bicyclic) bond motifs is 1. The molecule has 2 aliphatic rings. The molecule has 1 unspecified atom stereocenters. The van der Waals surface area contributed by atoms with E-state index in [0.29, 0.717) is 6.42 Å². The van der Waals surface area contributed by atoms with Gasteiger partial charge in [0.15, 0.2) is 0 Å². The minimum atomic E-state index is -1.04. The summed E-state index contributed by atoms with van der Waals surface area (Å²) in [6, 6.07) is 13.1. The molecule has 2 aliphatic heterocycles. The first-order valence-corrected chi connectivity index (χ1v) is 9.64. The number of amides is 5. The summed E-state index contributed by atoms with van der Waals surface area (Å²) < 4.78 is 0. The van der Waals surface area contributed by atoms with Gasteiger partial charge in [0.25, 0.3) is 11.8 Å². The first kappa shape index (κ1) is 19.5. The van der Waals surface area contributed by atoms with Crippen LogP contribution in [0.3, 0.4) is 0 Å². The highest BCUT2D eigenvalue weighted by molar-refractivity contribution is 6.26. The molecule has 2 N–H and O–H groups in total. The molecule has 1 fully saturated rings. The lowest BCUT2D eigenvalue weighted by molar-refractivity contribution is -0.136. The molecule has 1 saturated heterocycles. The van der Waals surface area contributed by atoms with Crippen molar-refractivity contribution in [3.63, 3.8) is 0 Å². The van der Waals surface area contributed by atoms with Gasteiger partial charge in [-0.25, -0.2) is 0 Å². The molecule has 2 aromatic carbocycles. The van der Waals surface area contributed by atoms with Crippen LogP contribution in [-0.2, 0) is 20.8 Å². The van der Waals surface area contributed by atoms with E-state index in [1.165, 1.54) is 6.07 Å². The van der Waals surface area contributed by atoms with Crippen LogP contribution in [0, 0.1) is 0 Å². The van der Waals surface area contributed by atoms with E-state index in [0.717, 1.165) is 10.5 Å². The Morgan fingerprint density at radius 3 is 2.50 bits per heavy atom. The zero-order valence-corrected chi connectivity index (χ0v) is 16.0. The molecule has 4 rings (SSSR count). The van der Waals surface area contributed by atoms with Gasteiger partial charge >= 0.3 is 0 Å². The second kappa shape index (κ2) is 7.90. The van der Waals surface area contributed by atoms with Crippen molar-refractivity contribution in [1.82, 2.24) is 10.2 Å². The molecule has 0 saturated carbocycles. The van der Waals surface area contributed by atoms with Crippen LogP contribution < -0.4 is 10.6 Å². The number of carbonyl (C=O) groups is 5. The number of aryl methyl sites for hydroxylation is 1. The van der Waals surface area contributed by atoms with Gasteiger partial charge < -0.3 is 5.32 Å². The average Bonchev–Trinajstić information content (AvgIpc) is 2.99. The van der Waals surface area contributed by atoms with Gasteiger partial charge in [0.1, 0.15) is 6.04 Å². The Balaban J connectivity index is 1.52. The fraction of sp³-hybridized carbons (Fsp3) is 0.227. The molecular weight excluding hydrogens is 386 g/mol. The summed E-state index contributed by atoms with van der Waals surface area (Å²) in [5.74, 6) is -2.64. The second-order valence-corrected chi connectivity index (χ2v) is 7.21. The van der Waals surface area contributed by atoms with Gasteiger partial charge in [-0.05, 0) is 30.5 Å². The van der Waals surface area contributed by atoms with Gasteiger partial charge in [0.05, 0.1) is 16.8 Å². The Morgan fingerprint density at radius 1 is 1.00 bits per heavy atom. The van der Waals surface area contributed by atoms with Gasteiger partial charge in [-0.15, -0.1) is 0 Å². The first-order valence-electron chi connectivity index (χ1n) is 9.64. The second-order valence-electron chi connectivity index (χ2n) is 7.21. The molecule has 0 aromatic heterocycles. The minimum absolute atomic E-state index is 0.0485. The van der Waals surface area contributed by atoms with Crippen molar-refractivity contribution >= 4 is 35.2 Å². The lowest BCUT2D eigenvalue weighted by atomic mass is 10.0. The molecule has 8 nitrogen and oxygen atoms in total. The van der Waals surface area contributed by atoms with Crippen molar-refractivity contribution < 1.29 is 24.0 Å². The van der Waals surface area contributed by atoms with Crippen molar-refractivity contribution in [2.75, 3.05) is 5.32 Å². The van der Waals surface area contributed by atoms with Crippen molar-refractivity contribution in [2.45, 2.75) is 31.7 Å². The third-order valence-corrected chi connectivity index (χ3v) is 5.23. The van der Waals surface area contributed by atoms with Gasteiger partial charge in [0, 0.05) is 12.8 Å². The standard InChI is InChI=1S/C22H19N3O5/c26-17(11-9-13-5-2-1-3-6-13)23-15-8-4-7-14-19(15)22(30)25(21(14)29)16-10-12-18(27)24-20(16)28/h1-8,16H,9-12H2,(H,23,26)(H,24,27,28). The van der Waals surface area contributed by atoms with Crippen LogP contribution in [0.1, 0.15) is 45.5 Å². The summed E-state index contributed by atoms with van der Waals surface area (Å²) >= 11 is 0. The lowest BCUT2D eigenvalue weighted by Gasteiger charge is -2.27. The Labute approximate surface area is 172 Å². The molecule has 0 spiro atoms. The summed E-state index contributed by atoms with van der Waals surface area (Å²) in [5, 5.41) is 4.87. The number of hydrogen-bond donors (Lipinski definition) is 2. The van der Waals surface area contributed by atoms with E-state index in [1.807, 2.05) is 30.3 Å². The van der Waals surface area contributed by atoms with Crippen LogP contribution >= 0.6 is 0 Å². The van der Waals surface area contributed by atoms with E-state index in [-0.39, 0.29) is 42.0 Å². The topological polar surface area (TPSA) is 113 Å². The highest BCUT2D eigenvalue weighted by Gasteiger charge is 2.45. The Morgan fingerprint density at radius 2 is 1.77 bits per heavy atom. The number of rotatable bonds is 5. The molecule has 2 heterocycles. The monoisotopic (exact) mass is 405 g/mol. The van der Waals surface area contributed by atoms with Crippen LogP contribution in [0.25, 0.3) is 0 Å². The zero-order chi connectivity index (χ0) is 21.3. The Bertz CT molecular complexity index is 1060. The summed E-state index contributed by atoms with van der Waals surface area (Å²) in [7, 11) is 0. The predicted molar refractivity (Wildman–Crippen MR) is 107 cm³/mol. The molecule has 2 aromatic rings. The molecule has 1 atom stereocenters. The molecule has 30 heavy (non-hydrogen) atoms. The smallest absolute Gasteiger partial charge is 0.264 e. The Hall–Kier alpha value is -3.81. The SMILES string of the molecule is O=C1CCC(N2C(=O)c3cccc(NC(=O)CCc4ccccc4)c3C2=O)C(=O)N1. The Kier molecular flexibility index (Phi) is 5.14. The number of anilines is 1. The summed E-state index contributed by atoms with van der Waals surface area (Å²) in [6.45, 7) is 0. The number of carbonyl (C=O) groups excluding carboxylic acids is 5. The zero-order valence-electron chi connectivity index (χ0n) is 16.0. The van der Waals surface area contributed by atoms with Gasteiger partial charge in [-0.2, -0.15) is 0 Å². The highest BCUT2D eigenvalue weighted by Crippen LogP contribution is 2.32. The number of nitrogens with one attached hydrogen (secondary N) is 2. The summed E-state index contributed by atoms with van der Waals surface area (Å²) in [5.41, 5.74) is 1.45. The van der Waals surface area contributed by atoms with Crippen molar-refractivity contribution in [3.8, 4) is 0 Å². The van der Waals surface area contributed by atoms with E-state index in [9.17, 15) is 24.0 Å². The number of hydrogen-bond acceptors (Lipinski definition) is 5. The largest absolute Gasteiger partial charge is 0.325 e. The quantitative estimate of drug-likeness (QED) is 0.735. The van der Waals surface area contributed by atoms with Crippen LogP contribution in [0.15, 0.2) is 48.5 Å². The van der Waals surface area contributed by atoms with Crippen LogP contribution in [0.5, 0.6) is 0 Å². The third-order valence-electron chi connectivity index (χ3n) is 5.23. The number of benzene rings is 2. The maximum Gasteiger partial charge on any atom is 0.264 e. The van der Waals surface area contributed by atoms with E-state index < -0.39 is 29.7 Å². The highest BCUT2D eigenvalue weighted by atomic mass is 16.2. The number of imide groups is 2. The maximum atomic E-state index is 13.0. The fourth-order valence-electron chi connectivity index (χ4n) is 3.73. The van der Waals surface area contributed by atoms with Crippen LogP contribution in [-0.4, -0.2) is 40.5 Å². The van der Waals surface area contributed by atoms with E-state index >= 15 is 0 Å². The molecule has 0 radical (unpaired) electrons. The molecular formula is C22H19N3O5. The molecule has 0 aliphatic carbocycles. The minimum Gasteiger partial charge on any atom is -0.325 e. The predicted octanol–water partition coefficient (Wildman–Crippen LogP) is 1.66. The maximum absolute atomic E-state index is 13.0. The molecule has 8 heteroatoms. The summed E-state index contributed by atoms with van der Waals surface area (Å²) in [4.78, 5) is 62.7. The van der Waals surface area contributed by atoms with E-state index in [2.05, 4.69) is 10.6 Å². The van der Waals surface area contributed by atoms with E-state index in [4.69, 9.17) is 0 Å². The van der Waals surface area contributed by atoms with Crippen molar-refractivity contribution in [3.05, 3.63) is 65.2 Å². The van der Waals surface area contributed by atoms with Gasteiger partial charge in [-0.1, -0.05) is 36.4 Å². The van der Waals surface area contributed by atoms with Crippen molar-refractivity contribution in [2.24, 2.45) is 0 Å². The lowest BCUT2D eigenvalue weighted by Crippen LogP contribution is -2.54. The van der Waals surface area contributed by atoms with Crippen molar-refractivity contribution in [1.29, 1.82) is 0 Å². The molecule has 5 amide bonds. The molecule has 152 valence electrons. The van der Waals surface area contributed by atoms with Gasteiger partial charge in [-0.3, -0.25) is 34.2 Å². The van der Waals surface area contributed by atoms with Crippen LogP contribution in [0.2, 0.25) is 0 Å². The normalized spacial score (nSPS) is 18.3. The van der Waals surface area contributed by atoms with Gasteiger partial charge in [0.2, 0.25) is 17.7 Å². The fourth-order valence-corrected chi connectivity index (χ4v) is 3.73. The van der Waals surface area contributed by atoms with Crippen LogP contribution in [0.4, 0.5) is 5.69 Å². The number of piperidine rings is 1. The molecule has 0 bridgehead atoms. The first-order chi connectivity index (χ1) is 14.5.